The van der Waals surface area contributed by atoms with E-state index in [0.29, 0.717) is 34.9 Å². The molecule has 0 saturated heterocycles. The Balaban J connectivity index is 0.867. The molecule has 12 aromatic carbocycles. The van der Waals surface area contributed by atoms with E-state index in [0.717, 1.165) is 150 Å². The summed E-state index contributed by atoms with van der Waals surface area (Å²) in [4.78, 5) is 42.1. The van der Waals surface area contributed by atoms with E-state index in [1.807, 2.05) is 128 Å². The molecule has 0 fully saturated rings. The van der Waals surface area contributed by atoms with Crippen LogP contribution in [0.3, 0.4) is 0 Å². The summed E-state index contributed by atoms with van der Waals surface area (Å²) in [5.41, 5.74) is 20.9. The molecule has 0 amide bonds. The van der Waals surface area contributed by atoms with Gasteiger partial charge in [-0.1, -0.05) is 245 Å². The summed E-state index contributed by atoms with van der Waals surface area (Å²) in [5.74, 6) is 3.40. The average molecular weight is 1320 g/mol. The molecule has 0 aliphatic heterocycles. The van der Waals surface area contributed by atoms with Crippen LogP contribution in [-0.2, 0) is 5.41 Å². The van der Waals surface area contributed by atoms with Crippen LogP contribution in [0.4, 0.5) is 0 Å². The smallest absolute Gasteiger partial charge is 0.164 e. The number of rotatable bonds is 12. The summed E-state index contributed by atoms with van der Waals surface area (Å²) < 4.78 is 7.25. The number of hydrogen-bond donors (Lipinski definition) is 0. The van der Waals surface area contributed by atoms with Crippen LogP contribution in [0.2, 0.25) is 0 Å². The fraction of sp³-hybridized carbons (Fsp3) is 0.0435. The number of nitrogens with zero attached hydrogens (tertiary/aromatic N) is 11. The van der Waals surface area contributed by atoms with Crippen molar-refractivity contribution >= 4 is 65.4 Å². The van der Waals surface area contributed by atoms with Crippen molar-refractivity contribution in [3.63, 3.8) is 0 Å². The average Bonchev–Trinajstić information content (AvgIpc) is 1.62. The fourth-order valence-corrected chi connectivity index (χ4v) is 14.9. The highest BCUT2D eigenvalue weighted by atomic mass is 15.1. The first-order chi connectivity index (χ1) is 50.7. The molecule has 19 aromatic rings. The van der Waals surface area contributed by atoms with E-state index >= 15 is 0 Å². The fourth-order valence-electron chi connectivity index (χ4n) is 14.9. The van der Waals surface area contributed by atoms with Crippen molar-refractivity contribution in [1.82, 2.24) is 53.6 Å². The standard InChI is InChI=1S/C92H63N11/c1-92(2,3)64-44-48-70-67-35-17-21-41-80(67)103(83(70)54-64)85-57-74(91-99-88(60-30-12-6-13-31-60)96-89(100-91)61-32-14-7-15-33-61)73(56-75(85)77-38-23-25-51-94-77)62-42-46-69-66-34-16-19-39-78(66)101(81(69)52-62)65-45-49-71-68-36-18-20-40-79(68)102(84(71)55-65)82-53-63(43-47-72(82)76-37-22-24-50-93-76)90-97-86(58-26-8-4-9-27-58)95-87(98-90)59-28-10-5-11-29-59/h4-57H,1-3H3. The molecule has 0 saturated carbocycles. The van der Waals surface area contributed by atoms with Gasteiger partial charge in [0.1, 0.15) is 0 Å². The molecular formula is C92H63N11. The van der Waals surface area contributed by atoms with Gasteiger partial charge in [0.25, 0.3) is 0 Å². The van der Waals surface area contributed by atoms with Crippen molar-refractivity contribution in [2.45, 2.75) is 26.2 Å². The predicted molar refractivity (Wildman–Crippen MR) is 419 cm³/mol. The maximum atomic E-state index is 5.54. The molecule has 19 rings (SSSR count). The van der Waals surface area contributed by atoms with E-state index in [1.165, 1.54) is 5.56 Å². The van der Waals surface area contributed by atoms with Gasteiger partial charge in [0.2, 0.25) is 0 Å². The van der Waals surface area contributed by atoms with E-state index < -0.39 is 0 Å². The molecule has 0 unspecified atom stereocenters. The van der Waals surface area contributed by atoms with Gasteiger partial charge in [-0.3, -0.25) is 9.97 Å². The molecule has 0 radical (unpaired) electrons. The quantitative estimate of drug-likeness (QED) is 0.119. The van der Waals surface area contributed by atoms with Gasteiger partial charge >= 0.3 is 0 Å². The number of aromatic nitrogens is 11. The highest BCUT2D eigenvalue weighted by Gasteiger charge is 2.27. The number of hydrogen-bond acceptors (Lipinski definition) is 8. The highest BCUT2D eigenvalue weighted by Crippen LogP contribution is 2.46. The Labute approximate surface area is 594 Å². The Morgan fingerprint density at radius 1 is 0.233 bits per heavy atom. The second kappa shape index (κ2) is 24.7. The number of benzene rings is 12. The van der Waals surface area contributed by atoms with Gasteiger partial charge in [0.05, 0.1) is 55.9 Å². The van der Waals surface area contributed by atoms with E-state index in [4.69, 9.17) is 39.9 Å². The summed E-state index contributed by atoms with van der Waals surface area (Å²) in [7, 11) is 0. The van der Waals surface area contributed by atoms with Crippen molar-refractivity contribution in [2.24, 2.45) is 0 Å². The zero-order chi connectivity index (χ0) is 68.7. The van der Waals surface area contributed by atoms with E-state index in [1.54, 1.807) is 0 Å². The molecule has 0 aliphatic carbocycles. The van der Waals surface area contributed by atoms with Crippen LogP contribution < -0.4 is 0 Å². The summed E-state index contributed by atoms with van der Waals surface area (Å²) in [6.45, 7) is 6.83. The lowest BCUT2D eigenvalue weighted by Crippen LogP contribution is -2.11. The van der Waals surface area contributed by atoms with Crippen LogP contribution in [0.25, 0.3) is 184 Å². The minimum absolute atomic E-state index is 0.124. The molecule has 0 atom stereocenters. The van der Waals surface area contributed by atoms with E-state index in [2.05, 4.69) is 235 Å². The Kier molecular flexibility index (Phi) is 14.5. The Bertz CT molecular complexity index is 6390. The summed E-state index contributed by atoms with van der Waals surface area (Å²) >= 11 is 0. The molecule has 486 valence electrons. The molecule has 0 aliphatic rings. The summed E-state index contributed by atoms with van der Waals surface area (Å²) in [6, 6.07) is 111. The second-order valence-corrected chi connectivity index (χ2v) is 27.1. The third-order valence-electron chi connectivity index (χ3n) is 19.8. The maximum Gasteiger partial charge on any atom is 0.164 e. The van der Waals surface area contributed by atoms with E-state index in [9.17, 15) is 0 Å². The SMILES string of the molecule is CC(C)(C)c1ccc2c3ccccc3n(-c3cc(-c4nc(-c5ccccc5)nc(-c5ccccc5)n4)c(-c4ccc5c6ccccc6n(-c6ccc7c8ccccc8n(-c8cc(-c9nc(-c%10ccccc%10)nc(-c%10ccccc%10)n9)ccc8-c8ccccn8)c7c6)c5c4)cc3-c3ccccn3)c2c1. The minimum Gasteiger partial charge on any atom is -0.309 e. The van der Waals surface area contributed by atoms with Gasteiger partial charge in [0.15, 0.2) is 34.9 Å². The molecule has 7 heterocycles. The predicted octanol–water partition coefficient (Wildman–Crippen LogP) is 22.4. The van der Waals surface area contributed by atoms with E-state index in [-0.39, 0.29) is 5.41 Å². The topological polar surface area (TPSA) is 118 Å². The van der Waals surface area contributed by atoms with Gasteiger partial charge < -0.3 is 13.7 Å². The van der Waals surface area contributed by atoms with Crippen molar-refractivity contribution < 1.29 is 0 Å². The number of fused-ring (bicyclic) bond motifs is 9. The molecule has 0 N–H and O–H groups in total. The third-order valence-corrected chi connectivity index (χ3v) is 19.8. The lowest BCUT2D eigenvalue weighted by atomic mass is 9.86. The molecule has 11 nitrogen and oxygen atoms in total. The molecule has 103 heavy (non-hydrogen) atoms. The van der Waals surface area contributed by atoms with Gasteiger partial charge in [0, 0.05) is 94.9 Å². The van der Waals surface area contributed by atoms with Crippen LogP contribution >= 0.6 is 0 Å². The molecular weight excluding hydrogens is 1260 g/mol. The molecule has 11 heteroatoms. The highest BCUT2D eigenvalue weighted by molar-refractivity contribution is 6.14. The number of para-hydroxylation sites is 3. The monoisotopic (exact) mass is 1320 g/mol. The first kappa shape index (κ1) is 60.5. The van der Waals surface area contributed by atoms with Crippen molar-refractivity contribution in [1.29, 1.82) is 0 Å². The van der Waals surface area contributed by atoms with Crippen LogP contribution in [0.15, 0.2) is 328 Å². The largest absolute Gasteiger partial charge is 0.309 e. The van der Waals surface area contributed by atoms with Gasteiger partial charge in [-0.15, -0.1) is 0 Å². The lowest BCUT2D eigenvalue weighted by Gasteiger charge is -2.21. The van der Waals surface area contributed by atoms with Gasteiger partial charge in [-0.05, 0) is 113 Å². The van der Waals surface area contributed by atoms with Gasteiger partial charge in [-0.25, -0.2) is 29.9 Å². The Morgan fingerprint density at radius 2 is 0.621 bits per heavy atom. The Hall–Kier alpha value is -13.6. The van der Waals surface area contributed by atoms with Crippen LogP contribution in [0.5, 0.6) is 0 Å². The normalized spacial score (nSPS) is 11.8. The van der Waals surface area contributed by atoms with Crippen LogP contribution in [0.1, 0.15) is 26.3 Å². The van der Waals surface area contributed by atoms with Gasteiger partial charge in [-0.2, -0.15) is 0 Å². The Morgan fingerprint density at radius 3 is 1.12 bits per heavy atom. The van der Waals surface area contributed by atoms with Crippen molar-refractivity contribution in [2.75, 3.05) is 0 Å². The lowest BCUT2D eigenvalue weighted by molar-refractivity contribution is 0.591. The summed E-state index contributed by atoms with van der Waals surface area (Å²) in [5, 5.41) is 6.76. The number of pyridine rings is 2. The molecule has 0 bridgehead atoms. The third kappa shape index (κ3) is 10.6. The first-order valence-electron chi connectivity index (χ1n) is 34.7. The van der Waals surface area contributed by atoms with Crippen molar-refractivity contribution in [3.8, 4) is 119 Å². The first-order valence-corrected chi connectivity index (χ1v) is 34.7. The maximum absolute atomic E-state index is 5.54. The zero-order valence-electron chi connectivity index (χ0n) is 56.6. The second-order valence-electron chi connectivity index (χ2n) is 27.1. The zero-order valence-corrected chi connectivity index (χ0v) is 56.6. The molecule has 7 aromatic heterocycles. The summed E-state index contributed by atoms with van der Waals surface area (Å²) in [6.07, 6.45) is 3.74. The minimum atomic E-state index is -0.124. The van der Waals surface area contributed by atoms with Crippen LogP contribution in [0, 0.1) is 0 Å². The molecule has 0 spiro atoms. The van der Waals surface area contributed by atoms with Crippen LogP contribution in [-0.4, -0.2) is 53.6 Å². The van der Waals surface area contributed by atoms with Crippen molar-refractivity contribution in [3.05, 3.63) is 333 Å².